The molecule has 26 heavy (non-hydrogen) atoms. The number of para-hydroxylation sites is 1. The van der Waals surface area contributed by atoms with Crippen LogP contribution in [0, 0.1) is 0 Å². The molecule has 0 unspecified atom stereocenters. The molecular formula is C21H21N3O2. The fraction of sp³-hybridized carbons (Fsp3) is 0.238. The van der Waals surface area contributed by atoms with Gasteiger partial charge in [0.05, 0.1) is 12.8 Å². The van der Waals surface area contributed by atoms with Gasteiger partial charge in [0.1, 0.15) is 5.75 Å². The fourth-order valence-electron chi connectivity index (χ4n) is 3.41. The van der Waals surface area contributed by atoms with Gasteiger partial charge < -0.3 is 10.1 Å². The second-order valence-corrected chi connectivity index (χ2v) is 6.41. The molecule has 0 radical (unpaired) electrons. The first kappa shape index (κ1) is 16.4. The molecule has 1 amide bonds. The van der Waals surface area contributed by atoms with Gasteiger partial charge in [-0.2, -0.15) is 5.10 Å². The number of benzene rings is 2. The van der Waals surface area contributed by atoms with E-state index in [2.05, 4.69) is 10.4 Å². The molecule has 0 fully saturated rings. The molecule has 4 rings (SSSR count). The average molecular weight is 347 g/mol. The van der Waals surface area contributed by atoms with E-state index < -0.39 is 0 Å². The zero-order chi connectivity index (χ0) is 17.9. The predicted octanol–water partition coefficient (Wildman–Crippen LogP) is 3.30. The summed E-state index contributed by atoms with van der Waals surface area (Å²) in [6, 6.07) is 17.7. The Balaban J connectivity index is 1.54. The molecule has 3 aromatic rings. The second kappa shape index (κ2) is 7.04. The van der Waals surface area contributed by atoms with Gasteiger partial charge in [-0.05, 0) is 49.1 Å². The Hall–Kier alpha value is -3.08. The zero-order valence-corrected chi connectivity index (χ0v) is 14.7. The number of hydrogen-bond donors (Lipinski definition) is 1. The van der Waals surface area contributed by atoms with Gasteiger partial charge in [-0.1, -0.05) is 30.3 Å². The number of nitrogens with one attached hydrogen (secondary N) is 1. The van der Waals surface area contributed by atoms with E-state index in [0.717, 1.165) is 47.5 Å². The third-order valence-corrected chi connectivity index (χ3v) is 4.76. The monoisotopic (exact) mass is 347 g/mol. The number of rotatable bonds is 5. The number of carbonyl (C=O) groups is 1. The minimum atomic E-state index is -0.117. The van der Waals surface area contributed by atoms with Crippen molar-refractivity contribution in [3.63, 3.8) is 0 Å². The van der Waals surface area contributed by atoms with Gasteiger partial charge in [-0.25, -0.2) is 4.68 Å². The summed E-state index contributed by atoms with van der Waals surface area (Å²) in [5.74, 6) is 0.688. The molecule has 0 atom stereocenters. The van der Waals surface area contributed by atoms with Gasteiger partial charge in [0.25, 0.3) is 5.91 Å². The van der Waals surface area contributed by atoms with E-state index in [4.69, 9.17) is 4.74 Å². The Labute approximate surface area is 152 Å². The first-order valence-electron chi connectivity index (χ1n) is 8.83. The fourth-order valence-corrected chi connectivity index (χ4v) is 3.41. The summed E-state index contributed by atoms with van der Waals surface area (Å²) in [6.45, 7) is 0.468. The molecule has 5 nitrogen and oxygen atoms in total. The van der Waals surface area contributed by atoms with Crippen LogP contribution in [-0.2, 0) is 19.4 Å². The summed E-state index contributed by atoms with van der Waals surface area (Å²) in [7, 11) is 1.64. The molecule has 0 bridgehead atoms. The first-order valence-corrected chi connectivity index (χ1v) is 8.83. The molecule has 1 N–H and O–H groups in total. The predicted molar refractivity (Wildman–Crippen MR) is 99.8 cm³/mol. The Bertz CT molecular complexity index is 914. The molecule has 5 heteroatoms. The maximum atomic E-state index is 12.7. The van der Waals surface area contributed by atoms with Crippen LogP contribution in [0.5, 0.6) is 5.75 Å². The Morgan fingerprint density at radius 3 is 2.62 bits per heavy atom. The van der Waals surface area contributed by atoms with Crippen molar-refractivity contribution in [1.29, 1.82) is 0 Å². The van der Waals surface area contributed by atoms with Crippen molar-refractivity contribution < 1.29 is 9.53 Å². The summed E-state index contributed by atoms with van der Waals surface area (Å²) < 4.78 is 7.08. The van der Waals surface area contributed by atoms with Gasteiger partial charge >= 0.3 is 0 Å². The van der Waals surface area contributed by atoms with Gasteiger partial charge in [0.2, 0.25) is 0 Å². The minimum Gasteiger partial charge on any atom is -0.497 e. The van der Waals surface area contributed by atoms with Crippen molar-refractivity contribution in [3.8, 4) is 11.4 Å². The van der Waals surface area contributed by atoms with Crippen molar-refractivity contribution in [3.05, 3.63) is 77.1 Å². The highest BCUT2D eigenvalue weighted by Gasteiger charge is 2.26. The van der Waals surface area contributed by atoms with Crippen molar-refractivity contribution in [2.75, 3.05) is 7.11 Å². The smallest absolute Gasteiger partial charge is 0.272 e. The van der Waals surface area contributed by atoms with Gasteiger partial charge in [0, 0.05) is 17.8 Å². The van der Waals surface area contributed by atoms with E-state index in [9.17, 15) is 4.79 Å². The highest BCUT2D eigenvalue weighted by atomic mass is 16.5. The molecule has 1 aromatic heterocycles. The third kappa shape index (κ3) is 3.08. The van der Waals surface area contributed by atoms with Crippen LogP contribution in [0.25, 0.3) is 5.69 Å². The van der Waals surface area contributed by atoms with E-state index in [0.29, 0.717) is 12.2 Å². The summed E-state index contributed by atoms with van der Waals surface area (Å²) >= 11 is 0. The topological polar surface area (TPSA) is 56.1 Å². The summed E-state index contributed by atoms with van der Waals surface area (Å²) in [5.41, 5.74) is 4.82. The first-order chi connectivity index (χ1) is 12.8. The number of aromatic nitrogens is 2. The number of nitrogens with zero attached hydrogens (tertiary/aromatic N) is 2. The molecule has 0 saturated carbocycles. The van der Waals surface area contributed by atoms with Gasteiger partial charge in [-0.3, -0.25) is 4.79 Å². The zero-order valence-electron chi connectivity index (χ0n) is 14.7. The number of ether oxygens (including phenoxy) is 1. The highest BCUT2D eigenvalue weighted by molar-refractivity contribution is 5.94. The van der Waals surface area contributed by atoms with Crippen molar-refractivity contribution in [2.24, 2.45) is 0 Å². The number of amides is 1. The van der Waals surface area contributed by atoms with Crippen molar-refractivity contribution in [1.82, 2.24) is 15.1 Å². The van der Waals surface area contributed by atoms with E-state index in [1.807, 2.05) is 59.3 Å². The van der Waals surface area contributed by atoms with Gasteiger partial charge in [-0.15, -0.1) is 0 Å². The van der Waals surface area contributed by atoms with Crippen LogP contribution in [0.1, 0.15) is 33.7 Å². The lowest BCUT2D eigenvalue weighted by molar-refractivity contribution is 0.0944. The van der Waals surface area contributed by atoms with Crippen LogP contribution in [0.2, 0.25) is 0 Å². The Morgan fingerprint density at radius 2 is 1.88 bits per heavy atom. The van der Waals surface area contributed by atoms with Crippen LogP contribution >= 0.6 is 0 Å². The second-order valence-electron chi connectivity index (χ2n) is 6.41. The Morgan fingerprint density at radius 1 is 1.12 bits per heavy atom. The van der Waals surface area contributed by atoms with E-state index in [1.165, 1.54) is 0 Å². The molecule has 2 aromatic carbocycles. The molecule has 0 spiro atoms. The lowest BCUT2D eigenvalue weighted by Gasteiger charge is -2.06. The van der Waals surface area contributed by atoms with E-state index in [-0.39, 0.29) is 5.91 Å². The molecule has 132 valence electrons. The van der Waals surface area contributed by atoms with Crippen LogP contribution in [0.3, 0.4) is 0 Å². The maximum absolute atomic E-state index is 12.7. The number of carbonyl (C=O) groups excluding carboxylic acids is 1. The van der Waals surface area contributed by atoms with Crippen molar-refractivity contribution >= 4 is 5.91 Å². The lowest BCUT2D eigenvalue weighted by Crippen LogP contribution is -2.24. The number of methoxy groups -OCH3 is 1. The molecule has 0 aliphatic heterocycles. The Kier molecular flexibility index (Phi) is 4.44. The molecule has 1 aliphatic rings. The quantitative estimate of drug-likeness (QED) is 0.770. The van der Waals surface area contributed by atoms with Gasteiger partial charge in [0.15, 0.2) is 5.69 Å². The van der Waals surface area contributed by atoms with Crippen molar-refractivity contribution in [2.45, 2.75) is 25.8 Å². The normalized spacial score (nSPS) is 12.7. The highest BCUT2D eigenvalue weighted by Crippen LogP contribution is 2.27. The summed E-state index contributed by atoms with van der Waals surface area (Å²) in [5, 5.41) is 7.62. The van der Waals surface area contributed by atoms with Crippen LogP contribution in [-0.4, -0.2) is 22.8 Å². The maximum Gasteiger partial charge on any atom is 0.272 e. The number of hydrogen-bond acceptors (Lipinski definition) is 3. The van der Waals surface area contributed by atoms with E-state index >= 15 is 0 Å². The number of fused-ring (bicyclic) bond motifs is 1. The molecule has 1 heterocycles. The lowest BCUT2D eigenvalue weighted by atomic mass is 10.1. The summed E-state index contributed by atoms with van der Waals surface area (Å²) in [6.07, 6.45) is 2.94. The molecule has 0 saturated heterocycles. The average Bonchev–Trinajstić information content (AvgIpc) is 3.30. The van der Waals surface area contributed by atoms with Crippen LogP contribution < -0.4 is 10.1 Å². The largest absolute Gasteiger partial charge is 0.497 e. The third-order valence-electron chi connectivity index (χ3n) is 4.76. The SMILES string of the molecule is COc1ccc(CNC(=O)c2nn(-c3ccccc3)c3c2CCC3)cc1. The standard InChI is InChI=1S/C21H21N3O2/c1-26-17-12-10-15(11-13-17)14-22-21(25)20-18-8-5-9-19(18)24(23-20)16-6-3-2-4-7-16/h2-4,6-7,10-13H,5,8-9,14H2,1H3,(H,22,25). The van der Waals surface area contributed by atoms with Crippen LogP contribution in [0.4, 0.5) is 0 Å². The molecule has 1 aliphatic carbocycles. The van der Waals surface area contributed by atoms with Crippen LogP contribution in [0.15, 0.2) is 54.6 Å². The summed E-state index contributed by atoms with van der Waals surface area (Å²) in [4.78, 5) is 12.7. The van der Waals surface area contributed by atoms with E-state index in [1.54, 1.807) is 7.11 Å². The molecular weight excluding hydrogens is 326 g/mol. The minimum absolute atomic E-state index is 0.117.